The van der Waals surface area contributed by atoms with E-state index in [1.807, 2.05) is 18.2 Å². The Labute approximate surface area is 101 Å². The van der Waals surface area contributed by atoms with Crippen LogP contribution in [0, 0.1) is 5.41 Å². The molecule has 0 unspecified atom stereocenters. The van der Waals surface area contributed by atoms with Crippen molar-refractivity contribution in [1.29, 1.82) is 0 Å². The molecule has 1 heterocycles. The predicted molar refractivity (Wildman–Crippen MR) is 70.0 cm³/mol. The average molecular weight is 227 g/mol. The maximum atomic E-state index is 4.35. The van der Waals surface area contributed by atoms with Crippen LogP contribution < -0.4 is 5.32 Å². The molecule has 1 aromatic carbocycles. The summed E-state index contributed by atoms with van der Waals surface area (Å²) < 4.78 is 0. The molecule has 0 bridgehead atoms. The van der Waals surface area contributed by atoms with Gasteiger partial charge in [0.15, 0.2) is 0 Å². The Hall–Kier alpha value is -1.64. The fraction of sp³-hybridized carbons (Fsp3) is 0.429. The first-order chi connectivity index (χ1) is 8.33. The van der Waals surface area contributed by atoms with E-state index in [0.29, 0.717) is 5.41 Å². The van der Waals surface area contributed by atoms with Crippen LogP contribution >= 0.6 is 0 Å². The second-order valence-electron chi connectivity index (χ2n) is 4.95. The quantitative estimate of drug-likeness (QED) is 0.871. The highest BCUT2D eigenvalue weighted by Gasteiger charge is 2.40. The first-order valence-corrected chi connectivity index (χ1v) is 6.27. The van der Waals surface area contributed by atoms with Gasteiger partial charge in [-0.15, -0.1) is 0 Å². The van der Waals surface area contributed by atoms with Gasteiger partial charge in [0.2, 0.25) is 0 Å². The Morgan fingerprint density at radius 2 is 2.06 bits per heavy atom. The molecule has 1 saturated carbocycles. The van der Waals surface area contributed by atoms with Crippen molar-refractivity contribution in [1.82, 2.24) is 9.97 Å². The van der Waals surface area contributed by atoms with E-state index in [0.717, 1.165) is 23.3 Å². The smallest absolute Gasteiger partial charge is 0.137 e. The van der Waals surface area contributed by atoms with Crippen LogP contribution in [-0.2, 0) is 0 Å². The lowest BCUT2D eigenvalue weighted by Crippen LogP contribution is -2.15. The Balaban J connectivity index is 1.85. The number of fused-ring (bicyclic) bond motifs is 1. The van der Waals surface area contributed by atoms with Gasteiger partial charge in [0.25, 0.3) is 0 Å². The molecule has 0 aliphatic heterocycles. The number of hydrogen-bond donors (Lipinski definition) is 1. The summed E-state index contributed by atoms with van der Waals surface area (Å²) in [5.41, 5.74) is 1.54. The molecule has 0 radical (unpaired) electrons. The number of anilines is 1. The molecule has 1 aliphatic rings. The molecule has 1 N–H and O–H groups in total. The highest BCUT2D eigenvalue weighted by Crippen LogP contribution is 2.48. The van der Waals surface area contributed by atoms with Gasteiger partial charge in [0, 0.05) is 11.9 Å². The van der Waals surface area contributed by atoms with Crippen LogP contribution in [0.15, 0.2) is 30.6 Å². The van der Waals surface area contributed by atoms with E-state index >= 15 is 0 Å². The van der Waals surface area contributed by atoms with Crippen molar-refractivity contribution in [2.45, 2.75) is 26.2 Å². The lowest BCUT2D eigenvalue weighted by Gasteiger charge is -2.14. The zero-order valence-corrected chi connectivity index (χ0v) is 10.1. The van der Waals surface area contributed by atoms with E-state index in [-0.39, 0.29) is 0 Å². The van der Waals surface area contributed by atoms with Crippen molar-refractivity contribution in [2.24, 2.45) is 5.41 Å². The third-order valence-corrected chi connectivity index (χ3v) is 3.88. The lowest BCUT2D eigenvalue weighted by molar-refractivity contribution is 0.521. The van der Waals surface area contributed by atoms with Crippen LogP contribution in [0.2, 0.25) is 0 Å². The molecule has 3 rings (SSSR count). The molecular formula is C14H17N3. The summed E-state index contributed by atoms with van der Waals surface area (Å²) in [6, 6.07) is 8.13. The molecule has 0 atom stereocenters. The first-order valence-electron chi connectivity index (χ1n) is 6.27. The fourth-order valence-corrected chi connectivity index (χ4v) is 2.25. The zero-order chi connectivity index (χ0) is 11.7. The minimum atomic E-state index is 0.534. The van der Waals surface area contributed by atoms with Crippen LogP contribution in [-0.4, -0.2) is 16.5 Å². The number of nitrogens with one attached hydrogen (secondary N) is 1. The topological polar surface area (TPSA) is 37.8 Å². The highest BCUT2D eigenvalue weighted by atomic mass is 15.0. The summed E-state index contributed by atoms with van der Waals surface area (Å²) >= 11 is 0. The van der Waals surface area contributed by atoms with E-state index in [9.17, 15) is 0 Å². The van der Waals surface area contributed by atoms with Crippen LogP contribution in [0.3, 0.4) is 0 Å². The molecular weight excluding hydrogens is 210 g/mol. The van der Waals surface area contributed by atoms with Gasteiger partial charge in [0.05, 0.1) is 5.52 Å². The van der Waals surface area contributed by atoms with Gasteiger partial charge in [-0.05, 0) is 36.8 Å². The Morgan fingerprint density at radius 1 is 1.24 bits per heavy atom. The van der Waals surface area contributed by atoms with Gasteiger partial charge >= 0.3 is 0 Å². The highest BCUT2D eigenvalue weighted by molar-refractivity contribution is 5.88. The fourth-order valence-electron chi connectivity index (χ4n) is 2.25. The van der Waals surface area contributed by atoms with Crippen LogP contribution in [0.5, 0.6) is 0 Å². The standard InChI is InChI=1S/C14H17N3/c1-2-14(7-8-14)9-15-13-11-5-3-4-6-12(11)16-10-17-13/h3-6,10H,2,7-9H2,1H3,(H,15,16,17). The minimum absolute atomic E-state index is 0.534. The van der Waals surface area contributed by atoms with Crippen LogP contribution in [0.4, 0.5) is 5.82 Å². The van der Waals surface area contributed by atoms with Gasteiger partial charge in [-0.1, -0.05) is 19.1 Å². The molecule has 88 valence electrons. The van der Waals surface area contributed by atoms with Gasteiger partial charge in [-0.2, -0.15) is 0 Å². The number of benzene rings is 1. The molecule has 0 spiro atoms. The molecule has 3 heteroatoms. The summed E-state index contributed by atoms with van der Waals surface area (Å²) in [6.07, 6.45) is 5.58. The largest absolute Gasteiger partial charge is 0.369 e. The van der Waals surface area contributed by atoms with Gasteiger partial charge in [-0.3, -0.25) is 0 Å². The van der Waals surface area contributed by atoms with Crippen LogP contribution in [0.25, 0.3) is 10.9 Å². The molecule has 1 aliphatic carbocycles. The first kappa shape index (κ1) is 10.5. The maximum absolute atomic E-state index is 4.35. The Morgan fingerprint density at radius 3 is 2.82 bits per heavy atom. The Bertz CT molecular complexity index is 526. The zero-order valence-electron chi connectivity index (χ0n) is 10.1. The molecule has 17 heavy (non-hydrogen) atoms. The molecule has 3 nitrogen and oxygen atoms in total. The van der Waals surface area contributed by atoms with Crippen molar-refractivity contribution in [3.8, 4) is 0 Å². The van der Waals surface area contributed by atoms with E-state index in [2.05, 4.69) is 28.3 Å². The van der Waals surface area contributed by atoms with E-state index in [4.69, 9.17) is 0 Å². The van der Waals surface area contributed by atoms with Crippen molar-refractivity contribution >= 4 is 16.7 Å². The molecule has 0 amide bonds. The monoisotopic (exact) mass is 227 g/mol. The van der Waals surface area contributed by atoms with Crippen molar-refractivity contribution in [3.63, 3.8) is 0 Å². The summed E-state index contributed by atoms with van der Waals surface area (Å²) in [6.45, 7) is 3.30. The van der Waals surface area contributed by atoms with Crippen molar-refractivity contribution in [3.05, 3.63) is 30.6 Å². The average Bonchev–Trinajstić information content (AvgIpc) is 3.17. The molecule has 1 fully saturated rings. The van der Waals surface area contributed by atoms with Gasteiger partial charge in [0.1, 0.15) is 12.1 Å². The van der Waals surface area contributed by atoms with Crippen molar-refractivity contribution in [2.75, 3.05) is 11.9 Å². The van der Waals surface area contributed by atoms with E-state index in [1.54, 1.807) is 6.33 Å². The van der Waals surface area contributed by atoms with Crippen molar-refractivity contribution < 1.29 is 0 Å². The second kappa shape index (κ2) is 3.99. The number of aromatic nitrogens is 2. The van der Waals surface area contributed by atoms with E-state index < -0.39 is 0 Å². The summed E-state index contributed by atoms with van der Waals surface area (Å²) in [5.74, 6) is 0.968. The van der Waals surface area contributed by atoms with E-state index in [1.165, 1.54) is 19.3 Å². The summed E-state index contributed by atoms with van der Waals surface area (Å²) in [5, 5.41) is 4.60. The third kappa shape index (κ3) is 1.97. The number of para-hydroxylation sites is 1. The Kier molecular flexibility index (Phi) is 2.46. The lowest BCUT2D eigenvalue weighted by atomic mass is 10.0. The number of rotatable bonds is 4. The van der Waals surface area contributed by atoms with Crippen LogP contribution in [0.1, 0.15) is 26.2 Å². The van der Waals surface area contributed by atoms with Gasteiger partial charge in [-0.25, -0.2) is 9.97 Å². The second-order valence-corrected chi connectivity index (χ2v) is 4.95. The summed E-state index contributed by atoms with van der Waals surface area (Å²) in [7, 11) is 0. The third-order valence-electron chi connectivity index (χ3n) is 3.88. The molecule has 0 saturated heterocycles. The number of nitrogens with zero attached hydrogens (tertiary/aromatic N) is 2. The SMILES string of the molecule is CCC1(CNc2ncnc3ccccc23)CC1. The molecule has 1 aromatic heterocycles. The molecule has 2 aromatic rings. The summed E-state index contributed by atoms with van der Waals surface area (Å²) in [4.78, 5) is 8.62. The predicted octanol–water partition coefficient (Wildman–Crippen LogP) is 3.23. The maximum Gasteiger partial charge on any atom is 0.137 e. The number of hydrogen-bond acceptors (Lipinski definition) is 3. The minimum Gasteiger partial charge on any atom is -0.369 e. The normalized spacial score (nSPS) is 17.0. The van der Waals surface area contributed by atoms with Gasteiger partial charge < -0.3 is 5.32 Å².